The molecule has 6 nitrogen and oxygen atoms in total. The second-order valence-electron chi connectivity index (χ2n) is 6.15. The fourth-order valence-electron chi connectivity index (χ4n) is 2.78. The molecule has 0 bridgehead atoms. The minimum atomic E-state index is -0.783. The molecule has 1 saturated heterocycles. The minimum Gasteiger partial charge on any atom is -0.481 e. The lowest BCUT2D eigenvalue weighted by Gasteiger charge is -2.38. The Hall–Kier alpha value is -1.85. The normalized spacial score (nSPS) is 26.6. The lowest BCUT2D eigenvalue weighted by molar-refractivity contribution is -0.148. The SMILES string of the molecule is CC1(C(=O)O)CCCN(c2cc(=O)[nH]c(C3CC3)n2)C1. The molecule has 1 aromatic rings. The van der Waals surface area contributed by atoms with E-state index in [1.54, 1.807) is 6.92 Å². The molecule has 0 amide bonds. The van der Waals surface area contributed by atoms with Crippen LogP contribution in [-0.4, -0.2) is 34.1 Å². The summed E-state index contributed by atoms with van der Waals surface area (Å²) in [6, 6.07) is 1.47. The van der Waals surface area contributed by atoms with Crippen LogP contribution in [0.1, 0.15) is 44.3 Å². The topological polar surface area (TPSA) is 86.3 Å². The second kappa shape index (κ2) is 4.61. The third-order valence-electron chi connectivity index (χ3n) is 4.25. The monoisotopic (exact) mass is 277 g/mol. The van der Waals surface area contributed by atoms with E-state index in [1.165, 1.54) is 6.07 Å². The van der Waals surface area contributed by atoms with Crippen molar-refractivity contribution in [3.8, 4) is 0 Å². The summed E-state index contributed by atoms with van der Waals surface area (Å²) in [4.78, 5) is 32.4. The van der Waals surface area contributed by atoms with Crippen molar-refractivity contribution in [2.75, 3.05) is 18.0 Å². The molecule has 1 atom stereocenters. The standard InChI is InChI=1S/C14H19N3O3/c1-14(13(19)20)5-2-6-17(8-14)10-7-11(18)16-12(15-10)9-3-4-9/h7,9H,2-6,8H2,1H3,(H,19,20)(H,15,16,18). The molecule has 1 unspecified atom stereocenters. The van der Waals surface area contributed by atoms with E-state index in [2.05, 4.69) is 9.97 Å². The van der Waals surface area contributed by atoms with Gasteiger partial charge in [0.05, 0.1) is 5.41 Å². The van der Waals surface area contributed by atoms with E-state index in [1.807, 2.05) is 4.90 Å². The highest BCUT2D eigenvalue weighted by Gasteiger charge is 2.38. The van der Waals surface area contributed by atoms with Crippen molar-refractivity contribution >= 4 is 11.8 Å². The number of piperidine rings is 1. The molecule has 1 saturated carbocycles. The van der Waals surface area contributed by atoms with E-state index in [0.29, 0.717) is 24.7 Å². The van der Waals surface area contributed by atoms with Gasteiger partial charge in [0, 0.05) is 25.1 Å². The highest BCUT2D eigenvalue weighted by atomic mass is 16.4. The van der Waals surface area contributed by atoms with Crippen LogP contribution < -0.4 is 10.5 Å². The number of rotatable bonds is 3. The first-order chi connectivity index (χ1) is 9.48. The average Bonchev–Trinajstić information content (AvgIpc) is 3.22. The fraction of sp³-hybridized carbons (Fsp3) is 0.643. The lowest BCUT2D eigenvalue weighted by Crippen LogP contribution is -2.46. The third kappa shape index (κ3) is 2.42. The number of hydrogen-bond acceptors (Lipinski definition) is 4. The summed E-state index contributed by atoms with van der Waals surface area (Å²) >= 11 is 0. The Morgan fingerprint density at radius 1 is 1.55 bits per heavy atom. The summed E-state index contributed by atoms with van der Waals surface area (Å²) < 4.78 is 0. The summed E-state index contributed by atoms with van der Waals surface area (Å²) in [6.07, 6.45) is 3.60. The van der Waals surface area contributed by atoms with Crippen LogP contribution in [0.5, 0.6) is 0 Å². The first-order valence-corrected chi connectivity index (χ1v) is 7.07. The Labute approximate surface area is 116 Å². The summed E-state index contributed by atoms with van der Waals surface area (Å²) in [5.41, 5.74) is -0.915. The molecule has 108 valence electrons. The first-order valence-electron chi connectivity index (χ1n) is 7.07. The minimum absolute atomic E-state index is 0.153. The maximum atomic E-state index is 11.7. The largest absolute Gasteiger partial charge is 0.481 e. The Morgan fingerprint density at radius 3 is 2.95 bits per heavy atom. The van der Waals surface area contributed by atoms with Gasteiger partial charge in [-0.25, -0.2) is 4.98 Å². The Morgan fingerprint density at radius 2 is 2.30 bits per heavy atom. The van der Waals surface area contributed by atoms with Crippen LogP contribution in [-0.2, 0) is 4.79 Å². The molecule has 1 aromatic heterocycles. The van der Waals surface area contributed by atoms with Gasteiger partial charge in [-0.05, 0) is 32.6 Å². The molecule has 2 fully saturated rings. The Balaban J connectivity index is 1.88. The number of hydrogen-bond donors (Lipinski definition) is 2. The van der Waals surface area contributed by atoms with Crippen LogP contribution in [0, 0.1) is 5.41 Å². The first kappa shape index (κ1) is 13.1. The number of carboxylic acid groups (broad SMARTS) is 1. The van der Waals surface area contributed by atoms with Gasteiger partial charge in [-0.2, -0.15) is 0 Å². The van der Waals surface area contributed by atoms with Crippen molar-refractivity contribution in [1.82, 2.24) is 9.97 Å². The van der Waals surface area contributed by atoms with Gasteiger partial charge in [-0.1, -0.05) is 0 Å². The van der Waals surface area contributed by atoms with Crippen molar-refractivity contribution in [3.63, 3.8) is 0 Å². The molecule has 2 heterocycles. The van der Waals surface area contributed by atoms with Gasteiger partial charge < -0.3 is 15.0 Å². The zero-order valence-corrected chi connectivity index (χ0v) is 11.6. The van der Waals surface area contributed by atoms with Crippen molar-refractivity contribution in [2.45, 2.75) is 38.5 Å². The quantitative estimate of drug-likeness (QED) is 0.870. The van der Waals surface area contributed by atoms with Crippen LogP contribution in [0.15, 0.2) is 10.9 Å². The van der Waals surface area contributed by atoms with Crippen LogP contribution in [0.4, 0.5) is 5.82 Å². The van der Waals surface area contributed by atoms with Crippen LogP contribution in [0.3, 0.4) is 0 Å². The predicted molar refractivity (Wildman–Crippen MR) is 74.0 cm³/mol. The number of aromatic amines is 1. The summed E-state index contributed by atoms with van der Waals surface area (Å²) in [7, 11) is 0. The van der Waals surface area contributed by atoms with Crippen LogP contribution in [0.25, 0.3) is 0 Å². The number of nitrogens with zero attached hydrogens (tertiary/aromatic N) is 2. The lowest BCUT2D eigenvalue weighted by atomic mass is 9.82. The molecular weight excluding hydrogens is 258 g/mol. The zero-order chi connectivity index (χ0) is 14.3. The highest BCUT2D eigenvalue weighted by Crippen LogP contribution is 2.38. The molecule has 1 aliphatic heterocycles. The Kier molecular flexibility index (Phi) is 3.03. The molecular formula is C14H19N3O3. The molecule has 6 heteroatoms. The number of aliphatic carboxylic acids is 1. The van der Waals surface area contributed by atoms with Crippen LogP contribution >= 0.6 is 0 Å². The van der Waals surface area contributed by atoms with E-state index in [-0.39, 0.29) is 5.56 Å². The summed E-state index contributed by atoms with van der Waals surface area (Å²) in [5, 5.41) is 9.35. The second-order valence-corrected chi connectivity index (χ2v) is 6.15. The number of nitrogens with one attached hydrogen (secondary N) is 1. The van der Waals surface area contributed by atoms with Gasteiger partial charge in [0.15, 0.2) is 0 Å². The maximum absolute atomic E-state index is 11.7. The van der Waals surface area contributed by atoms with Crippen molar-refractivity contribution in [2.24, 2.45) is 5.41 Å². The van der Waals surface area contributed by atoms with E-state index >= 15 is 0 Å². The van der Waals surface area contributed by atoms with Gasteiger partial charge in [-0.3, -0.25) is 9.59 Å². The number of carbonyl (C=O) groups is 1. The number of anilines is 1. The zero-order valence-electron chi connectivity index (χ0n) is 11.6. The third-order valence-corrected chi connectivity index (χ3v) is 4.25. The molecule has 0 aromatic carbocycles. The van der Waals surface area contributed by atoms with E-state index < -0.39 is 11.4 Å². The number of H-pyrrole nitrogens is 1. The molecule has 1 aliphatic carbocycles. The maximum Gasteiger partial charge on any atom is 0.311 e. The molecule has 3 rings (SSSR count). The summed E-state index contributed by atoms with van der Waals surface area (Å²) in [6.45, 7) is 2.92. The predicted octanol–water partition coefficient (Wildman–Crippen LogP) is 1.34. The van der Waals surface area contributed by atoms with Crippen LogP contribution in [0.2, 0.25) is 0 Å². The summed E-state index contributed by atoms with van der Waals surface area (Å²) in [5.74, 6) is 0.950. The van der Waals surface area contributed by atoms with Gasteiger partial charge in [0.1, 0.15) is 11.6 Å². The average molecular weight is 277 g/mol. The van der Waals surface area contributed by atoms with Gasteiger partial charge in [-0.15, -0.1) is 0 Å². The fourth-order valence-corrected chi connectivity index (χ4v) is 2.78. The smallest absolute Gasteiger partial charge is 0.311 e. The molecule has 2 N–H and O–H groups in total. The highest BCUT2D eigenvalue weighted by molar-refractivity contribution is 5.75. The molecule has 20 heavy (non-hydrogen) atoms. The van der Waals surface area contributed by atoms with Gasteiger partial charge >= 0.3 is 5.97 Å². The van der Waals surface area contributed by atoms with Crippen molar-refractivity contribution in [3.05, 3.63) is 22.2 Å². The van der Waals surface area contributed by atoms with E-state index in [9.17, 15) is 14.7 Å². The van der Waals surface area contributed by atoms with Crippen molar-refractivity contribution < 1.29 is 9.90 Å². The molecule has 0 spiro atoms. The number of carboxylic acids is 1. The number of aromatic nitrogens is 2. The van der Waals surface area contributed by atoms with E-state index in [4.69, 9.17) is 0 Å². The van der Waals surface area contributed by atoms with Crippen molar-refractivity contribution in [1.29, 1.82) is 0 Å². The Bertz CT molecular complexity index is 594. The van der Waals surface area contributed by atoms with Gasteiger partial charge in [0.2, 0.25) is 0 Å². The molecule has 2 aliphatic rings. The van der Waals surface area contributed by atoms with E-state index in [0.717, 1.165) is 31.6 Å². The molecule has 0 radical (unpaired) electrons. The van der Waals surface area contributed by atoms with Gasteiger partial charge in [0.25, 0.3) is 5.56 Å².